The standard InChI is InChI=1S/C25H34N4O2/c1-20(2)25(22-11-7-4-8-12-22)27-24(31)19-29-15-13-28(14-16-29)18-23(30)26-17-21-9-5-3-6-10-21/h3-12,20,25H,13-19H2,1-2H3,(H,26,30)(H,27,31). The molecule has 0 bridgehead atoms. The molecule has 1 aliphatic rings. The van der Waals surface area contributed by atoms with Gasteiger partial charge in [-0.15, -0.1) is 0 Å². The zero-order valence-corrected chi connectivity index (χ0v) is 18.6. The highest BCUT2D eigenvalue weighted by atomic mass is 16.2. The van der Waals surface area contributed by atoms with Gasteiger partial charge in [-0.3, -0.25) is 19.4 Å². The fourth-order valence-corrected chi connectivity index (χ4v) is 3.88. The molecule has 1 saturated heterocycles. The number of nitrogens with zero attached hydrogens (tertiary/aromatic N) is 2. The lowest BCUT2D eigenvalue weighted by atomic mass is 9.96. The summed E-state index contributed by atoms with van der Waals surface area (Å²) >= 11 is 0. The summed E-state index contributed by atoms with van der Waals surface area (Å²) in [5, 5.41) is 6.18. The van der Waals surface area contributed by atoms with Crippen LogP contribution in [0.3, 0.4) is 0 Å². The molecule has 1 fully saturated rings. The Balaban J connectivity index is 1.38. The van der Waals surface area contributed by atoms with E-state index in [1.807, 2.05) is 48.5 Å². The highest BCUT2D eigenvalue weighted by Crippen LogP contribution is 2.21. The van der Waals surface area contributed by atoms with Gasteiger partial charge in [0.25, 0.3) is 0 Å². The van der Waals surface area contributed by atoms with Crippen molar-refractivity contribution in [2.24, 2.45) is 5.92 Å². The quantitative estimate of drug-likeness (QED) is 0.652. The van der Waals surface area contributed by atoms with Crippen molar-refractivity contribution in [3.05, 3.63) is 71.8 Å². The van der Waals surface area contributed by atoms with Gasteiger partial charge in [-0.1, -0.05) is 74.5 Å². The van der Waals surface area contributed by atoms with Gasteiger partial charge in [-0.25, -0.2) is 0 Å². The Kier molecular flexibility index (Phi) is 8.62. The van der Waals surface area contributed by atoms with Crippen LogP contribution in [0, 0.1) is 5.92 Å². The molecule has 0 radical (unpaired) electrons. The van der Waals surface area contributed by atoms with E-state index < -0.39 is 0 Å². The first kappa shape index (κ1) is 23.0. The summed E-state index contributed by atoms with van der Waals surface area (Å²) in [6, 6.07) is 20.1. The summed E-state index contributed by atoms with van der Waals surface area (Å²) in [5.74, 6) is 0.409. The minimum atomic E-state index is 0.0169. The molecule has 166 valence electrons. The van der Waals surface area contributed by atoms with E-state index in [2.05, 4.69) is 46.4 Å². The smallest absolute Gasteiger partial charge is 0.234 e. The molecular formula is C25H34N4O2. The van der Waals surface area contributed by atoms with Crippen LogP contribution in [0.2, 0.25) is 0 Å². The van der Waals surface area contributed by atoms with Crippen LogP contribution in [0.1, 0.15) is 31.0 Å². The van der Waals surface area contributed by atoms with Gasteiger partial charge in [-0.05, 0) is 17.0 Å². The van der Waals surface area contributed by atoms with Crippen molar-refractivity contribution in [3.8, 4) is 0 Å². The normalized spacial score (nSPS) is 16.1. The second-order valence-corrected chi connectivity index (χ2v) is 8.51. The molecule has 6 heteroatoms. The maximum absolute atomic E-state index is 12.6. The molecule has 2 N–H and O–H groups in total. The average molecular weight is 423 g/mol. The van der Waals surface area contributed by atoms with E-state index in [4.69, 9.17) is 0 Å². The molecule has 6 nitrogen and oxygen atoms in total. The lowest BCUT2D eigenvalue weighted by Gasteiger charge is -2.34. The Morgan fingerprint density at radius 1 is 0.806 bits per heavy atom. The third-order valence-electron chi connectivity index (χ3n) is 5.67. The van der Waals surface area contributed by atoms with Crippen molar-refractivity contribution < 1.29 is 9.59 Å². The van der Waals surface area contributed by atoms with Crippen LogP contribution in [0.4, 0.5) is 0 Å². The number of benzene rings is 2. The molecule has 2 aromatic carbocycles. The molecule has 3 rings (SSSR count). The second-order valence-electron chi connectivity index (χ2n) is 8.51. The molecular weight excluding hydrogens is 388 g/mol. The molecule has 1 aliphatic heterocycles. The van der Waals surface area contributed by atoms with Gasteiger partial charge in [0.1, 0.15) is 0 Å². The van der Waals surface area contributed by atoms with E-state index >= 15 is 0 Å². The molecule has 2 aromatic rings. The van der Waals surface area contributed by atoms with Crippen molar-refractivity contribution in [3.63, 3.8) is 0 Å². The Hall–Kier alpha value is -2.70. The lowest BCUT2D eigenvalue weighted by molar-refractivity contribution is -0.125. The maximum atomic E-state index is 12.6. The first-order valence-corrected chi connectivity index (χ1v) is 11.1. The zero-order chi connectivity index (χ0) is 22.1. The van der Waals surface area contributed by atoms with Crippen LogP contribution in [-0.2, 0) is 16.1 Å². The molecule has 1 atom stereocenters. The van der Waals surface area contributed by atoms with Gasteiger partial charge >= 0.3 is 0 Å². The van der Waals surface area contributed by atoms with E-state index in [0.29, 0.717) is 25.6 Å². The van der Waals surface area contributed by atoms with Gasteiger partial charge in [0, 0.05) is 32.7 Å². The number of amides is 2. The van der Waals surface area contributed by atoms with E-state index in [0.717, 1.165) is 37.3 Å². The molecule has 0 aromatic heterocycles. The lowest BCUT2D eigenvalue weighted by Crippen LogP contribution is -2.51. The minimum Gasteiger partial charge on any atom is -0.351 e. The van der Waals surface area contributed by atoms with E-state index in [1.54, 1.807) is 0 Å². The fourth-order valence-electron chi connectivity index (χ4n) is 3.88. The maximum Gasteiger partial charge on any atom is 0.234 e. The van der Waals surface area contributed by atoms with Gasteiger partial charge in [-0.2, -0.15) is 0 Å². The fraction of sp³-hybridized carbons (Fsp3) is 0.440. The number of nitrogens with one attached hydrogen (secondary N) is 2. The van der Waals surface area contributed by atoms with Crippen molar-refractivity contribution >= 4 is 11.8 Å². The predicted octanol–water partition coefficient (Wildman–Crippen LogP) is 2.43. The molecule has 2 amide bonds. The topological polar surface area (TPSA) is 64.7 Å². The Bertz CT molecular complexity index is 818. The van der Waals surface area contributed by atoms with Crippen molar-refractivity contribution in [1.82, 2.24) is 20.4 Å². The van der Waals surface area contributed by atoms with Crippen LogP contribution in [0.5, 0.6) is 0 Å². The van der Waals surface area contributed by atoms with Gasteiger partial charge < -0.3 is 10.6 Å². The van der Waals surface area contributed by atoms with Crippen molar-refractivity contribution in [2.75, 3.05) is 39.3 Å². The summed E-state index contributed by atoms with van der Waals surface area (Å²) < 4.78 is 0. The second kappa shape index (κ2) is 11.6. The highest BCUT2D eigenvalue weighted by Gasteiger charge is 2.23. The molecule has 0 aliphatic carbocycles. The number of hydrogen-bond acceptors (Lipinski definition) is 4. The van der Waals surface area contributed by atoms with E-state index in [1.165, 1.54) is 0 Å². The predicted molar refractivity (Wildman–Crippen MR) is 123 cm³/mol. The Labute approximate surface area is 185 Å². The number of carbonyl (C=O) groups is 2. The number of piperazine rings is 1. The molecule has 0 spiro atoms. The van der Waals surface area contributed by atoms with E-state index in [9.17, 15) is 9.59 Å². The van der Waals surface area contributed by atoms with Gasteiger partial charge in [0.2, 0.25) is 11.8 Å². The molecule has 31 heavy (non-hydrogen) atoms. The summed E-state index contributed by atoms with van der Waals surface area (Å²) in [4.78, 5) is 29.2. The molecule has 1 heterocycles. The first-order valence-electron chi connectivity index (χ1n) is 11.1. The van der Waals surface area contributed by atoms with Gasteiger partial charge in [0.05, 0.1) is 19.1 Å². The van der Waals surface area contributed by atoms with Crippen LogP contribution in [0.25, 0.3) is 0 Å². The van der Waals surface area contributed by atoms with Crippen LogP contribution >= 0.6 is 0 Å². The molecule has 0 saturated carbocycles. The third kappa shape index (κ3) is 7.49. The van der Waals surface area contributed by atoms with E-state index in [-0.39, 0.29) is 17.9 Å². The number of hydrogen-bond donors (Lipinski definition) is 2. The zero-order valence-electron chi connectivity index (χ0n) is 18.6. The first-order chi connectivity index (χ1) is 15.0. The summed E-state index contributed by atoms with van der Waals surface area (Å²) in [7, 11) is 0. The van der Waals surface area contributed by atoms with Crippen molar-refractivity contribution in [1.29, 1.82) is 0 Å². The van der Waals surface area contributed by atoms with Gasteiger partial charge in [0.15, 0.2) is 0 Å². The highest BCUT2D eigenvalue weighted by molar-refractivity contribution is 5.79. The van der Waals surface area contributed by atoms with Crippen LogP contribution in [0.15, 0.2) is 60.7 Å². The largest absolute Gasteiger partial charge is 0.351 e. The Morgan fingerprint density at radius 3 is 1.87 bits per heavy atom. The van der Waals surface area contributed by atoms with Crippen LogP contribution < -0.4 is 10.6 Å². The third-order valence-corrected chi connectivity index (χ3v) is 5.67. The molecule has 1 unspecified atom stereocenters. The summed E-state index contributed by atoms with van der Waals surface area (Å²) in [6.07, 6.45) is 0. The SMILES string of the molecule is CC(C)C(NC(=O)CN1CCN(CC(=O)NCc2ccccc2)CC1)c1ccccc1. The summed E-state index contributed by atoms with van der Waals surface area (Å²) in [6.45, 7) is 8.75. The Morgan fingerprint density at radius 2 is 1.32 bits per heavy atom. The van der Waals surface area contributed by atoms with Crippen molar-refractivity contribution in [2.45, 2.75) is 26.4 Å². The number of carbonyl (C=O) groups excluding carboxylic acids is 2. The summed E-state index contributed by atoms with van der Waals surface area (Å²) in [5.41, 5.74) is 2.24. The average Bonchev–Trinajstić information content (AvgIpc) is 2.78. The monoisotopic (exact) mass is 422 g/mol. The minimum absolute atomic E-state index is 0.0169. The van der Waals surface area contributed by atoms with Crippen LogP contribution in [-0.4, -0.2) is 60.9 Å². The number of rotatable bonds is 9.